The van der Waals surface area contributed by atoms with E-state index in [2.05, 4.69) is 15.3 Å². The Hall–Kier alpha value is -2.95. The van der Waals surface area contributed by atoms with Crippen LogP contribution in [-0.2, 0) is 11.3 Å². The minimum absolute atomic E-state index is 0.0446. The molecule has 148 valence electrons. The molecule has 8 heteroatoms. The first-order valence-corrected chi connectivity index (χ1v) is 10.2. The van der Waals surface area contributed by atoms with Crippen molar-refractivity contribution in [3.8, 4) is 28.7 Å². The van der Waals surface area contributed by atoms with Gasteiger partial charge in [-0.2, -0.15) is 16.6 Å². The topological polar surface area (TPSA) is 98.6 Å². The molecule has 2 aromatic heterocycles. The summed E-state index contributed by atoms with van der Waals surface area (Å²) in [5, 5.41) is 16.3. The Bertz CT molecular complexity index is 1150. The Morgan fingerprint density at radius 3 is 2.72 bits per heavy atom. The maximum atomic E-state index is 12.5. The van der Waals surface area contributed by atoms with E-state index >= 15 is 0 Å². The van der Waals surface area contributed by atoms with Crippen molar-refractivity contribution in [2.75, 3.05) is 0 Å². The van der Waals surface area contributed by atoms with Gasteiger partial charge in [0.05, 0.1) is 10.7 Å². The summed E-state index contributed by atoms with van der Waals surface area (Å²) >= 11 is 7.81. The van der Waals surface area contributed by atoms with Crippen LogP contribution in [0.2, 0.25) is 5.02 Å². The van der Waals surface area contributed by atoms with Crippen molar-refractivity contribution < 1.29 is 4.79 Å². The number of hydrogen-bond acceptors (Lipinski definition) is 5. The van der Waals surface area contributed by atoms with Gasteiger partial charge in [-0.15, -0.1) is 0 Å². The summed E-state index contributed by atoms with van der Waals surface area (Å²) < 4.78 is 0. The Morgan fingerprint density at radius 1 is 1.34 bits per heavy atom. The van der Waals surface area contributed by atoms with E-state index in [1.807, 2.05) is 37.6 Å². The summed E-state index contributed by atoms with van der Waals surface area (Å²) in [6.07, 6.45) is 0. The maximum Gasteiger partial charge on any atom is 0.269 e. The number of thiophene rings is 1. The van der Waals surface area contributed by atoms with Gasteiger partial charge in [-0.1, -0.05) is 38.4 Å². The molecule has 0 saturated heterocycles. The lowest BCUT2D eigenvalue weighted by Crippen LogP contribution is -2.34. The molecule has 0 radical (unpaired) electrons. The minimum Gasteiger partial charge on any atom is -0.352 e. The third-order valence-electron chi connectivity index (χ3n) is 4.25. The molecule has 0 unspecified atom stereocenters. The molecule has 6 nitrogen and oxygen atoms in total. The summed E-state index contributed by atoms with van der Waals surface area (Å²) in [4.78, 5) is 31.7. The Morgan fingerprint density at radius 2 is 2.10 bits per heavy atom. The first-order chi connectivity index (χ1) is 13.7. The van der Waals surface area contributed by atoms with E-state index in [-0.39, 0.29) is 17.3 Å². The van der Waals surface area contributed by atoms with Crippen molar-refractivity contribution in [3.63, 3.8) is 0 Å². The zero-order chi connectivity index (χ0) is 21.2. The van der Waals surface area contributed by atoms with Gasteiger partial charge in [-0.25, -0.2) is 4.98 Å². The molecule has 3 rings (SSSR count). The van der Waals surface area contributed by atoms with Gasteiger partial charge in [0.2, 0.25) is 5.91 Å². The van der Waals surface area contributed by atoms with Crippen molar-refractivity contribution >= 4 is 28.8 Å². The number of hydrogen-bond donors (Lipinski definition) is 2. The van der Waals surface area contributed by atoms with E-state index in [9.17, 15) is 14.9 Å². The number of aromatic nitrogens is 2. The van der Waals surface area contributed by atoms with Gasteiger partial charge in [0.1, 0.15) is 17.5 Å². The fourth-order valence-electron chi connectivity index (χ4n) is 2.62. The number of rotatable bonds is 4. The normalized spacial score (nSPS) is 11.1. The van der Waals surface area contributed by atoms with Gasteiger partial charge in [-0.3, -0.25) is 9.59 Å². The van der Waals surface area contributed by atoms with Crippen molar-refractivity contribution in [2.45, 2.75) is 27.3 Å². The highest BCUT2D eigenvalue weighted by Crippen LogP contribution is 2.29. The monoisotopic (exact) mass is 426 g/mol. The van der Waals surface area contributed by atoms with Crippen molar-refractivity contribution in [3.05, 3.63) is 61.5 Å². The molecule has 1 aromatic carbocycles. The summed E-state index contributed by atoms with van der Waals surface area (Å²) in [6, 6.07) is 8.99. The molecule has 0 saturated carbocycles. The van der Waals surface area contributed by atoms with Gasteiger partial charge in [0.15, 0.2) is 0 Å². The molecule has 0 fully saturated rings. The number of nitriles is 1. The predicted octanol–water partition coefficient (Wildman–Crippen LogP) is 4.35. The first-order valence-electron chi connectivity index (χ1n) is 8.85. The quantitative estimate of drug-likeness (QED) is 0.647. The zero-order valence-corrected chi connectivity index (χ0v) is 17.7. The van der Waals surface area contributed by atoms with E-state index in [1.54, 1.807) is 24.3 Å². The average molecular weight is 427 g/mol. The number of benzene rings is 1. The van der Waals surface area contributed by atoms with E-state index in [0.717, 1.165) is 5.56 Å². The number of nitrogens with zero attached hydrogens (tertiary/aromatic N) is 2. The first kappa shape index (κ1) is 20.8. The van der Waals surface area contributed by atoms with Gasteiger partial charge in [0, 0.05) is 28.5 Å². The molecule has 0 spiro atoms. The molecule has 0 atom stereocenters. The molecule has 1 amide bonds. The van der Waals surface area contributed by atoms with Crippen LogP contribution in [0.5, 0.6) is 0 Å². The third kappa shape index (κ3) is 4.56. The van der Waals surface area contributed by atoms with E-state index in [4.69, 9.17) is 11.6 Å². The fraction of sp³-hybridized carbons (Fsp3) is 0.238. The minimum atomic E-state index is -0.527. The summed E-state index contributed by atoms with van der Waals surface area (Å²) in [6.45, 7) is 5.84. The second kappa shape index (κ2) is 8.19. The number of carbonyl (C=O) groups excluding carboxylic acids is 1. The van der Waals surface area contributed by atoms with Gasteiger partial charge in [-0.05, 0) is 29.1 Å². The molecule has 29 heavy (non-hydrogen) atoms. The highest BCUT2D eigenvalue weighted by Gasteiger charge is 2.21. The van der Waals surface area contributed by atoms with E-state index in [1.165, 1.54) is 11.3 Å². The van der Waals surface area contributed by atoms with Crippen LogP contribution in [-0.4, -0.2) is 15.9 Å². The predicted molar refractivity (Wildman–Crippen MR) is 115 cm³/mol. The summed E-state index contributed by atoms with van der Waals surface area (Å²) in [5.74, 6) is 0.197. The number of halogens is 1. The maximum absolute atomic E-state index is 12.5. The Kier molecular flexibility index (Phi) is 5.87. The SMILES string of the molecule is CC(C)(C)C(=O)NCc1ccc(Cl)c(-c2nc(-c3ccsc3)c(C#N)c(=O)[nH]2)c1. The van der Waals surface area contributed by atoms with Crippen LogP contribution >= 0.6 is 22.9 Å². The number of aromatic amines is 1. The fourth-order valence-corrected chi connectivity index (χ4v) is 3.47. The lowest BCUT2D eigenvalue weighted by Gasteiger charge is -2.18. The van der Waals surface area contributed by atoms with Gasteiger partial charge < -0.3 is 10.3 Å². The molecular weight excluding hydrogens is 408 g/mol. The number of carbonyl (C=O) groups is 1. The number of H-pyrrole nitrogens is 1. The molecule has 0 aliphatic carbocycles. The van der Waals surface area contributed by atoms with Gasteiger partial charge in [0.25, 0.3) is 5.56 Å². The van der Waals surface area contributed by atoms with Crippen LogP contribution in [0.1, 0.15) is 31.9 Å². The molecule has 3 aromatic rings. The van der Waals surface area contributed by atoms with E-state index < -0.39 is 11.0 Å². The lowest BCUT2D eigenvalue weighted by atomic mass is 9.95. The molecule has 2 N–H and O–H groups in total. The van der Waals surface area contributed by atoms with Crippen LogP contribution in [0.3, 0.4) is 0 Å². The molecule has 0 aliphatic heterocycles. The van der Waals surface area contributed by atoms with Crippen molar-refractivity contribution in [1.29, 1.82) is 5.26 Å². The van der Waals surface area contributed by atoms with Crippen LogP contribution in [0.25, 0.3) is 22.6 Å². The third-order valence-corrected chi connectivity index (χ3v) is 5.26. The molecule has 2 heterocycles. The van der Waals surface area contributed by atoms with Crippen LogP contribution in [0.4, 0.5) is 0 Å². The van der Waals surface area contributed by atoms with Crippen molar-refractivity contribution in [2.24, 2.45) is 5.41 Å². The molecular formula is C21H19ClN4O2S. The Labute approximate surface area is 177 Å². The van der Waals surface area contributed by atoms with Crippen molar-refractivity contribution in [1.82, 2.24) is 15.3 Å². The zero-order valence-electron chi connectivity index (χ0n) is 16.2. The second-order valence-electron chi connectivity index (χ2n) is 7.51. The standard InChI is InChI=1S/C21H19ClN4O2S/c1-21(2,3)20(28)24-10-12-4-5-16(22)14(8-12)18-25-17(13-6-7-29-11-13)15(9-23)19(27)26-18/h4-8,11H,10H2,1-3H3,(H,24,28)(H,25,26,27). The van der Waals surface area contributed by atoms with Crippen LogP contribution in [0, 0.1) is 16.7 Å². The molecule has 0 aliphatic rings. The number of amides is 1. The molecule has 0 bridgehead atoms. The smallest absolute Gasteiger partial charge is 0.269 e. The van der Waals surface area contributed by atoms with Crippen LogP contribution in [0.15, 0.2) is 39.8 Å². The van der Waals surface area contributed by atoms with E-state index in [0.29, 0.717) is 28.4 Å². The number of nitrogens with one attached hydrogen (secondary N) is 2. The second-order valence-corrected chi connectivity index (χ2v) is 8.70. The summed E-state index contributed by atoms with van der Waals surface area (Å²) in [7, 11) is 0. The lowest BCUT2D eigenvalue weighted by molar-refractivity contribution is -0.128. The summed E-state index contributed by atoms with van der Waals surface area (Å²) in [5.41, 5.74) is 1.28. The van der Waals surface area contributed by atoms with Gasteiger partial charge >= 0.3 is 0 Å². The highest BCUT2D eigenvalue weighted by molar-refractivity contribution is 7.08. The highest BCUT2D eigenvalue weighted by atomic mass is 35.5. The average Bonchev–Trinajstić information content (AvgIpc) is 3.20. The largest absolute Gasteiger partial charge is 0.352 e. The van der Waals surface area contributed by atoms with Crippen LogP contribution < -0.4 is 10.9 Å². The Balaban J connectivity index is 2.02.